The smallest absolute Gasteiger partial charge is 0.119 e. The second-order valence-corrected chi connectivity index (χ2v) is 25.3. The van der Waals surface area contributed by atoms with Gasteiger partial charge in [0.15, 0.2) is 0 Å². The van der Waals surface area contributed by atoms with Crippen LogP contribution >= 0.6 is 0 Å². The predicted molar refractivity (Wildman–Crippen MR) is 379 cm³/mol. The minimum atomic E-state index is -0.00687. The lowest BCUT2D eigenvalue weighted by Crippen LogP contribution is -2.05. The Balaban J connectivity index is 0.701. The van der Waals surface area contributed by atoms with E-state index in [0.717, 1.165) is 33.9 Å². The van der Waals surface area contributed by atoms with Gasteiger partial charge in [-0.2, -0.15) is 0 Å². The van der Waals surface area contributed by atoms with Crippen molar-refractivity contribution in [2.45, 2.75) is 37.6 Å². The highest BCUT2D eigenvalue weighted by Gasteiger charge is 2.28. The van der Waals surface area contributed by atoms with Gasteiger partial charge in [0.2, 0.25) is 0 Å². The van der Waals surface area contributed by atoms with Crippen LogP contribution in [-0.2, 0) is 62.1 Å². The Morgan fingerprint density at radius 2 is 0.419 bits per heavy atom. The van der Waals surface area contributed by atoms with E-state index in [9.17, 15) is 0 Å². The zero-order valence-electron chi connectivity index (χ0n) is 53.2. The van der Waals surface area contributed by atoms with E-state index in [1.54, 1.807) is 0 Å². The average Bonchev–Trinajstić information content (AvgIpc) is 1.70. The molecule has 6 aromatic heterocycles. The molecule has 16 rings (SSSR count). The van der Waals surface area contributed by atoms with Gasteiger partial charge < -0.3 is 41.6 Å². The van der Waals surface area contributed by atoms with Gasteiger partial charge in [-0.05, 0) is 158 Å². The SMILES string of the molecule is Cn1cc(C(c2ccc(OCc3cc(COc4ccc(C(c5cn(C)c6ccccc56)c5cn(C)c6ccccc56)cc4)cc(COc4ccc(C(c5cn(C)c6ccccc56)c5cn(C)c6ccccc56)cc4)c3)cc2)c2cn(C)c3ccccc23)c2ccccc21. The first-order valence-electron chi connectivity index (χ1n) is 32.1. The number of aryl methyl sites for hydroxylation is 6. The molecule has 9 heteroatoms. The quantitative estimate of drug-likeness (QED) is 0.0860. The lowest BCUT2D eigenvalue weighted by atomic mass is 9.85. The van der Waals surface area contributed by atoms with Crippen molar-refractivity contribution in [1.29, 1.82) is 0 Å². The van der Waals surface area contributed by atoms with Crippen molar-refractivity contribution in [2.75, 3.05) is 0 Å². The maximum atomic E-state index is 6.76. The summed E-state index contributed by atoms with van der Waals surface area (Å²) < 4.78 is 33.8. The molecular formula is C84H72N6O3. The predicted octanol–water partition coefficient (Wildman–Crippen LogP) is 18.9. The lowest BCUT2D eigenvalue weighted by molar-refractivity contribution is 0.293. The Morgan fingerprint density at radius 3 is 0.613 bits per heavy atom. The van der Waals surface area contributed by atoms with Crippen molar-refractivity contribution in [2.24, 2.45) is 42.3 Å². The summed E-state index contributed by atoms with van der Waals surface area (Å²) in [5, 5.41) is 7.50. The Labute approximate surface area is 541 Å². The molecule has 0 fully saturated rings. The topological polar surface area (TPSA) is 57.3 Å². The Hall–Kier alpha value is -11.2. The molecule has 0 spiro atoms. The summed E-state index contributed by atoms with van der Waals surface area (Å²) in [6.07, 6.45) is 13.8. The molecule has 93 heavy (non-hydrogen) atoms. The fourth-order valence-electron chi connectivity index (χ4n) is 15.1. The normalized spacial score (nSPS) is 12.0. The first-order chi connectivity index (χ1) is 45.6. The first-order valence-corrected chi connectivity index (χ1v) is 32.1. The van der Waals surface area contributed by atoms with Crippen LogP contribution in [0.15, 0.2) is 274 Å². The third-order valence-corrected chi connectivity index (χ3v) is 19.4. The third-order valence-electron chi connectivity index (χ3n) is 19.4. The Kier molecular flexibility index (Phi) is 14.5. The summed E-state index contributed by atoms with van der Waals surface area (Å²) in [7, 11) is 12.9. The van der Waals surface area contributed by atoms with E-state index in [-0.39, 0.29) is 17.8 Å². The van der Waals surface area contributed by atoms with E-state index in [2.05, 4.69) is 343 Å². The van der Waals surface area contributed by atoms with Crippen molar-refractivity contribution in [3.8, 4) is 17.2 Å². The van der Waals surface area contributed by atoms with Crippen LogP contribution in [0.2, 0.25) is 0 Å². The maximum absolute atomic E-state index is 6.76. The highest BCUT2D eigenvalue weighted by Crippen LogP contribution is 2.45. The second-order valence-electron chi connectivity index (χ2n) is 25.3. The van der Waals surface area contributed by atoms with Gasteiger partial charge in [-0.25, -0.2) is 0 Å². The number of fused-ring (bicyclic) bond motifs is 6. The van der Waals surface area contributed by atoms with Crippen LogP contribution in [-0.4, -0.2) is 27.4 Å². The van der Waals surface area contributed by atoms with Gasteiger partial charge in [0.1, 0.15) is 37.1 Å². The molecule has 16 aromatic rings. The number of aromatic nitrogens is 6. The van der Waals surface area contributed by atoms with E-state index < -0.39 is 0 Å². The molecule has 0 atom stereocenters. The monoisotopic (exact) mass is 1210 g/mol. The molecule has 0 aliphatic rings. The number of ether oxygens (including phenoxy) is 3. The van der Waals surface area contributed by atoms with Crippen LogP contribution in [0.25, 0.3) is 65.4 Å². The molecule has 0 unspecified atom stereocenters. The maximum Gasteiger partial charge on any atom is 0.119 e. The van der Waals surface area contributed by atoms with E-state index in [1.165, 1.54) is 115 Å². The van der Waals surface area contributed by atoms with E-state index in [4.69, 9.17) is 14.2 Å². The number of para-hydroxylation sites is 6. The molecule has 0 amide bonds. The van der Waals surface area contributed by atoms with Crippen LogP contribution in [0.4, 0.5) is 0 Å². The highest BCUT2D eigenvalue weighted by molar-refractivity contribution is 5.93. The summed E-state index contributed by atoms with van der Waals surface area (Å²) in [6, 6.07) is 85.1. The fourth-order valence-corrected chi connectivity index (χ4v) is 15.1. The van der Waals surface area contributed by atoms with E-state index in [1.807, 2.05) is 0 Å². The van der Waals surface area contributed by atoms with Crippen LogP contribution in [0, 0.1) is 0 Å². The molecule has 456 valence electrons. The molecule has 0 radical (unpaired) electrons. The summed E-state index contributed by atoms with van der Waals surface area (Å²) in [5.74, 6) is 2.36. The van der Waals surface area contributed by atoms with Crippen LogP contribution < -0.4 is 14.2 Å². The van der Waals surface area contributed by atoms with E-state index >= 15 is 0 Å². The number of rotatable bonds is 18. The van der Waals surface area contributed by atoms with Gasteiger partial charge in [-0.3, -0.25) is 0 Å². The fraction of sp³-hybridized carbons (Fsp3) is 0.143. The van der Waals surface area contributed by atoms with Crippen LogP contribution in [0.3, 0.4) is 0 Å². The van der Waals surface area contributed by atoms with Gasteiger partial charge in [-0.1, -0.05) is 146 Å². The van der Waals surface area contributed by atoms with Gasteiger partial charge >= 0.3 is 0 Å². The highest BCUT2D eigenvalue weighted by atomic mass is 16.5. The van der Waals surface area contributed by atoms with Gasteiger partial charge in [0.05, 0.1) is 0 Å². The van der Waals surface area contributed by atoms with Crippen molar-refractivity contribution < 1.29 is 14.2 Å². The zero-order chi connectivity index (χ0) is 62.8. The summed E-state index contributed by atoms with van der Waals surface area (Å²) in [4.78, 5) is 0. The third kappa shape index (κ3) is 10.4. The Bertz CT molecular complexity index is 4650. The molecule has 0 N–H and O–H groups in total. The zero-order valence-corrected chi connectivity index (χ0v) is 53.2. The molecular weight excluding hydrogens is 1140 g/mol. The standard InChI is InChI=1S/C84H72N6O3/c1-85-46-70(64-19-7-13-25-76(64)85)82(71-47-86(2)77-26-14-8-20-65(71)77)58-31-37-61(38-32-58)91-52-55-43-56(53-92-62-39-33-59(34-40-62)83(72-48-87(3)78-27-15-9-21-66(72)78)73-49-88(4)79-28-16-10-22-67(73)79)45-57(44-55)54-93-63-41-35-60(36-42-63)84(74-50-89(5)80-29-17-11-23-68(74)80)75-51-90(6)81-30-18-12-24-69(75)81/h7-51,82-84H,52-54H2,1-6H3. The van der Waals surface area contributed by atoms with E-state index in [0.29, 0.717) is 19.8 Å². The summed E-state index contributed by atoms with van der Waals surface area (Å²) in [5.41, 5.74) is 21.6. The molecule has 0 saturated heterocycles. The van der Waals surface area contributed by atoms with Gasteiger partial charge in [0, 0.05) is 163 Å². The number of hydrogen-bond donors (Lipinski definition) is 0. The van der Waals surface area contributed by atoms with Crippen molar-refractivity contribution in [3.05, 3.63) is 341 Å². The molecule has 10 aromatic carbocycles. The summed E-state index contributed by atoms with van der Waals surface area (Å²) >= 11 is 0. The number of benzene rings is 10. The lowest BCUT2D eigenvalue weighted by Gasteiger charge is -2.19. The second kappa shape index (κ2) is 23.6. The Morgan fingerprint density at radius 1 is 0.237 bits per heavy atom. The minimum Gasteiger partial charge on any atom is -0.489 e. The molecule has 9 nitrogen and oxygen atoms in total. The molecule has 0 aliphatic carbocycles. The van der Waals surface area contributed by atoms with Crippen molar-refractivity contribution in [3.63, 3.8) is 0 Å². The van der Waals surface area contributed by atoms with Gasteiger partial charge in [0.25, 0.3) is 0 Å². The largest absolute Gasteiger partial charge is 0.489 e. The van der Waals surface area contributed by atoms with Crippen LogP contribution in [0.1, 0.15) is 84.5 Å². The van der Waals surface area contributed by atoms with Crippen LogP contribution in [0.5, 0.6) is 17.2 Å². The first kappa shape index (κ1) is 57.0. The van der Waals surface area contributed by atoms with Crippen molar-refractivity contribution in [1.82, 2.24) is 27.4 Å². The van der Waals surface area contributed by atoms with Gasteiger partial charge in [-0.15, -0.1) is 0 Å². The molecule has 6 heterocycles. The minimum absolute atomic E-state index is 0.00687. The molecule has 0 bridgehead atoms. The summed E-state index contributed by atoms with van der Waals surface area (Å²) in [6.45, 7) is 1.06. The van der Waals surface area contributed by atoms with Crippen molar-refractivity contribution >= 4 is 65.4 Å². The molecule has 0 saturated carbocycles. The molecule has 0 aliphatic heterocycles. The number of hydrogen-bond acceptors (Lipinski definition) is 3. The average molecular weight is 1210 g/mol. The number of nitrogens with zero attached hydrogens (tertiary/aromatic N) is 6.